The Morgan fingerprint density at radius 2 is 1.92 bits per heavy atom. The number of halogens is 1. The van der Waals surface area contributed by atoms with Crippen molar-refractivity contribution in [3.63, 3.8) is 0 Å². The monoisotopic (exact) mass is 357 g/mol. The van der Waals surface area contributed by atoms with Crippen molar-refractivity contribution in [2.45, 2.75) is 6.42 Å². The quantitative estimate of drug-likeness (QED) is 0.892. The number of benzene rings is 2. The molecule has 1 fully saturated rings. The Bertz CT molecular complexity index is 788. The van der Waals surface area contributed by atoms with Crippen LogP contribution in [-0.2, 0) is 6.42 Å². The molecule has 2 aromatic rings. The molecule has 2 aromatic carbocycles. The molecule has 0 bridgehead atoms. The summed E-state index contributed by atoms with van der Waals surface area (Å²) in [6, 6.07) is 13.6. The second-order valence-electron chi connectivity index (χ2n) is 6.31. The van der Waals surface area contributed by atoms with Gasteiger partial charge in [-0.3, -0.25) is 0 Å². The third kappa shape index (κ3) is 3.51. The molecule has 0 aliphatic carbocycles. The SMILES string of the molecule is O=C(Nc1ccc2c(c1)CCO2)N1CCN(c2cccc(Cl)c2)CC1. The first-order valence-corrected chi connectivity index (χ1v) is 8.89. The summed E-state index contributed by atoms with van der Waals surface area (Å²) in [5.41, 5.74) is 3.08. The van der Waals surface area contributed by atoms with Crippen LogP contribution in [0.5, 0.6) is 5.75 Å². The lowest BCUT2D eigenvalue weighted by Crippen LogP contribution is -2.50. The standard InChI is InChI=1S/C19H20ClN3O2/c20-15-2-1-3-17(13-15)22-7-9-23(10-8-22)19(24)21-16-4-5-18-14(12-16)6-11-25-18/h1-5,12-13H,6-11H2,(H,21,24). The van der Waals surface area contributed by atoms with Crippen LogP contribution in [-0.4, -0.2) is 43.7 Å². The van der Waals surface area contributed by atoms with Gasteiger partial charge in [0.1, 0.15) is 5.75 Å². The summed E-state index contributed by atoms with van der Waals surface area (Å²) in [5.74, 6) is 0.924. The number of anilines is 2. The van der Waals surface area contributed by atoms with Crippen molar-refractivity contribution in [1.82, 2.24) is 4.90 Å². The van der Waals surface area contributed by atoms with Gasteiger partial charge in [-0.2, -0.15) is 0 Å². The van der Waals surface area contributed by atoms with E-state index in [1.807, 2.05) is 47.4 Å². The van der Waals surface area contributed by atoms with Crippen LogP contribution in [0.25, 0.3) is 0 Å². The molecule has 0 unspecified atom stereocenters. The van der Waals surface area contributed by atoms with E-state index < -0.39 is 0 Å². The molecular weight excluding hydrogens is 338 g/mol. The molecule has 2 amide bonds. The molecule has 2 heterocycles. The van der Waals surface area contributed by atoms with Gasteiger partial charge in [0.15, 0.2) is 0 Å². The molecule has 25 heavy (non-hydrogen) atoms. The Balaban J connectivity index is 1.35. The highest BCUT2D eigenvalue weighted by atomic mass is 35.5. The van der Waals surface area contributed by atoms with Crippen molar-refractivity contribution >= 4 is 29.0 Å². The highest BCUT2D eigenvalue weighted by Gasteiger charge is 2.22. The number of rotatable bonds is 2. The first-order chi connectivity index (χ1) is 12.2. The lowest BCUT2D eigenvalue weighted by molar-refractivity contribution is 0.208. The lowest BCUT2D eigenvalue weighted by atomic mass is 10.1. The van der Waals surface area contributed by atoms with Gasteiger partial charge in [0.25, 0.3) is 0 Å². The van der Waals surface area contributed by atoms with Gasteiger partial charge in [-0.05, 0) is 42.0 Å². The Hall–Kier alpha value is -2.40. The molecule has 0 radical (unpaired) electrons. The van der Waals surface area contributed by atoms with E-state index in [-0.39, 0.29) is 6.03 Å². The molecule has 2 aliphatic heterocycles. The average Bonchev–Trinajstić information content (AvgIpc) is 3.09. The van der Waals surface area contributed by atoms with E-state index in [0.29, 0.717) is 13.1 Å². The molecular formula is C19H20ClN3O2. The second kappa shape index (κ2) is 6.84. The highest BCUT2D eigenvalue weighted by molar-refractivity contribution is 6.30. The number of amides is 2. The molecule has 6 heteroatoms. The van der Waals surface area contributed by atoms with Crippen LogP contribution in [0.4, 0.5) is 16.2 Å². The van der Waals surface area contributed by atoms with Gasteiger partial charge >= 0.3 is 6.03 Å². The van der Waals surface area contributed by atoms with Gasteiger partial charge in [-0.15, -0.1) is 0 Å². The number of hydrogen-bond donors (Lipinski definition) is 1. The van der Waals surface area contributed by atoms with E-state index in [4.69, 9.17) is 16.3 Å². The van der Waals surface area contributed by atoms with Crippen molar-refractivity contribution < 1.29 is 9.53 Å². The van der Waals surface area contributed by atoms with Crippen molar-refractivity contribution in [3.05, 3.63) is 53.1 Å². The van der Waals surface area contributed by atoms with Crippen molar-refractivity contribution in [2.24, 2.45) is 0 Å². The second-order valence-corrected chi connectivity index (χ2v) is 6.74. The minimum absolute atomic E-state index is 0.0513. The molecule has 0 saturated carbocycles. The van der Waals surface area contributed by atoms with Crippen molar-refractivity contribution in [3.8, 4) is 5.75 Å². The van der Waals surface area contributed by atoms with Crippen LogP contribution in [0.2, 0.25) is 5.02 Å². The van der Waals surface area contributed by atoms with E-state index in [1.54, 1.807) is 0 Å². The summed E-state index contributed by atoms with van der Waals surface area (Å²) in [6.07, 6.45) is 0.900. The molecule has 1 saturated heterocycles. The highest BCUT2D eigenvalue weighted by Crippen LogP contribution is 2.28. The maximum Gasteiger partial charge on any atom is 0.321 e. The molecule has 0 atom stereocenters. The van der Waals surface area contributed by atoms with Crippen LogP contribution in [0.15, 0.2) is 42.5 Å². The van der Waals surface area contributed by atoms with E-state index in [1.165, 1.54) is 0 Å². The van der Waals surface area contributed by atoms with Crippen LogP contribution < -0.4 is 15.0 Å². The first kappa shape index (κ1) is 16.1. The van der Waals surface area contributed by atoms with Crippen LogP contribution in [0.3, 0.4) is 0 Å². The Morgan fingerprint density at radius 1 is 1.08 bits per heavy atom. The number of ether oxygens (including phenoxy) is 1. The fraction of sp³-hybridized carbons (Fsp3) is 0.316. The third-order valence-corrected chi connectivity index (χ3v) is 4.92. The predicted molar refractivity (Wildman–Crippen MR) is 99.9 cm³/mol. The van der Waals surface area contributed by atoms with Gasteiger partial charge in [0.2, 0.25) is 0 Å². The number of carbonyl (C=O) groups excluding carboxylic acids is 1. The number of hydrogen-bond acceptors (Lipinski definition) is 3. The molecule has 4 rings (SSSR count). The molecule has 0 aromatic heterocycles. The summed E-state index contributed by atoms with van der Waals surface area (Å²) in [5, 5.41) is 3.73. The van der Waals surface area contributed by atoms with E-state index in [2.05, 4.69) is 10.2 Å². The first-order valence-electron chi connectivity index (χ1n) is 8.51. The third-order valence-electron chi connectivity index (χ3n) is 4.68. The lowest BCUT2D eigenvalue weighted by Gasteiger charge is -2.36. The maximum atomic E-state index is 12.5. The van der Waals surface area contributed by atoms with E-state index in [9.17, 15) is 4.79 Å². The zero-order valence-corrected chi connectivity index (χ0v) is 14.6. The van der Waals surface area contributed by atoms with Gasteiger partial charge in [0, 0.05) is 49.0 Å². The number of nitrogens with zero attached hydrogens (tertiary/aromatic N) is 2. The number of carbonyl (C=O) groups is 1. The van der Waals surface area contributed by atoms with E-state index >= 15 is 0 Å². The Morgan fingerprint density at radius 3 is 2.72 bits per heavy atom. The van der Waals surface area contributed by atoms with Gasteiger partial charge in [0.05, 0.1) is 6.61 Å². The van der Waals surface area contributed by atoms with Gasteiger partial charge in [-0.25, -0.2) is 4.79 Å². The van der Waals surface area contributed by atoms with Crippen LogP contribution >= 0.6 is 11.6 Å². The summed E-state index contributed by atoms with van der Waals surface area (Å²) >= 11 is 6.06. The predicted octanol–water partition coefficient (Wildman–Crippen LogP) is 3.63. The molecule has 130 valence electrons. The van der Waals surface area contributed by atoms with Crippen LogP contribution in [0.1, 0.15) is 5.56 Å². The average molecular weight is 358 g/mol. The maximum absolute atomic E-state index is 12.5. The summed E-state index contributed by atoms with van der Waals surface area (Å²) < 4.78 is 5.50. The zero-order valence-electron chi connectivity index (χ0n) is 13.9. The van der Waals surface area contributed by atoms with E-state index in [0.717, 1.165) is 53.8 Å². The zero-order chi connectivity index (χ0) is 17.2. The minimum atomic E-state index is -0.0513. The number of piperazine rings is 1. The van der Waals surface area contributed by atoms with Crippen molar-refractivity contribution in [2.75, 3.05) is 43.0 Å². The largest absolute Gasteiger partial charge is 0.493 e. The minimum Gasteiger partial charge on any atom is -0.493 e. The van der Waals surface area contributed by atoms with Crippen molar-refractivity contribution in [1.29, 1.82) is 0 Å². The molecule has 2 aliphatic rings. The fourth-order valence-electron chi connectivity index (χ4n) is 3.31. The fourth-order valence-corrected chi connectivity index (χ4v) is 3.49. The normalized spacial score (nSPS) is 16.4. The smallest absolute Gasteiger partial charge is 0.321 e. The molecule has 0 spiro atoms. The van der Waals surface area contributed by atoms with Gasteiger partial charge in [-0.1, -0.05) is 17.7 Å². The number of nitrogens with one attached hydrogen (secondary N) is 1. The Kier molecular flexibility index (Phi) is 4.40. The summed E-state index contributed by atoms with van der Waals surface area (Å²) in [6.45, 7) is 3.69. The molecule has 1 N–H and O–H groups in total. The number of fused-ring (bicyclic) bond motifs is 1. The van der Waals surface area contributed by atoms with Crippen LogP contribution in [0, 0.1) is 0 Å². The molecule has 5 nitrogen and oxygen atoms in total. The topological polar surface area (TPSA) is 44.8 Å². The number of urea groups is 1. The van der Waals surface area contributed by atoms with Gasteiger partial charge < -0.3 is 19.9 Å². The summed E-state index contributed by atoms with van der Waals surface area (Å²) in [4.78, 5) is 16.6. The Labute approximate surface area is 152 Å². The summed E-state index contributed by atoms with van der Waals surface area (Å²) in [7, 11) is 0.